The van der Waals surface area contributed by atoms with Crippen LogP contribution in [0.25, 0.3) is 5.69 Å². The molecule has 2 heterocycles. The van der Waals surface area contributed by atoms with Crippen LogP contribution in [0.1, 0.15) is 35.6 Å². The van der Waals surface area contributed by atoms with Crippen LogP contribution in [0, 0.1) is 6.92 Å². The van der Waals surface area contributed by atoms with E-state index < -0.39 is 26.7 Å². The van der Waals surface area contributed by atoms with Gasteiger partial charge >= 0.3 is 15.2 Å². The third kappa shape index (κ3) is 5.84. The van der Waals surface area contributed by atoms with E-state index in [0.717, 1.165) is 34.2 Å². The minimum atomic E-state index is -5.30. The highest BCUT2D eigenvalue weighted by Gasteiger charge is 2.58. The zero-order valence-electron chi connectivity index (χ0n) is 19.1. The number of hydrogen-bond acceptors (Lipinski definition) is 7. The maximum atomic E-state index is 10.7. The lowest BCUT2D eigenvalue weighted by molar-refractivity contribution is 0.121. The maximum Gasteiger partial charge on any atom is 0.369 e. The Morgan fingerprint density at radius 1 is 1.06 bits per heavy atom. The fourth-order valence-corrected chi connectivity index (χ4v) is 6.02. The lowest BCUT2D eigenvalue weighted by Gasteiger charge is -2.28. The van der Waals surface area contributed by atoms with Crippen molar-refractivity contribution in [2.75, 3.05) is 6.54 Å². The van der Waals surface area contributed by atoms with Gasteiger partial charge in [-0.1, -0.05) is 41.9 Å². The molecule has 0 fully saturated rings. The highest BCUT2D eigenvalue weighted by molar-refractivity contribution is 7.72. The number of aryl methyl sites for hydroxylation is 1. The van der Waals surface area contributed by atoms with Gasteiger partial charge in [0.1, 0.15) is 12.4 Å². The van der Waals surface area contributed by atoms with Gasteiger partial charge in [-0.05, 0) is 38.1 Å². The summed E-state index contributed by atoms with van der Waals surface area (Å²) < 4.78 is 23.5. The molecule has 4 rings (SSSR count). The fraction of sp³-hybridized carbons (Fsp3) is 0.286. The van der Waals surface area contributed by atoms with Crippen LogP contribution in [0.3, 0.4) is 0 Å². The minimum absolute atomic E-state index is 0.0394. The van der Waals surface area contributed by atoms with Gasteiger partial charge in [0, 0.05) is 22.6 Å². The number of halogens is 1. The summed E-state index contributed by atoms with van der Waals surface area (Å²) in [5.74, 6) is 1.69. The number of fused-ring (bicyclic) bond motifs is 3. The molecule has 7 N–H and O–H groups in total. The first-order chi connectivity index (χ1) is 16.8. The monoisotopic (exact) mass is 557 g/mol. The van der Waals surface area contributed by atoms with Gasteiger partial charge in [0.2, 0.25) is 0 Å². The summed E-state index contributed by atoms with van der Waals surface area (Å²) in [4.78, 5) is 39.3. The van der Waals surface area contributed by atoms with Gasteiger partial charge in [-0.3, -0.25) is 18.7 Å². The number of benzene rings is 2. The van der Waals surface area contributed by atoms with Gasteiger partial charge in [-0.25, -0.2) is 0 Å². The SMILES string of the molecule is Cc1nnc2n1-c1ccc(Cl)cc1C(c1ccccc1)=NC2.NCCCC(O)(P(=O)(O)O)P(=O)(O)O. The largest absolute Gasteiger partial charge is 0.369 e. The summed E-state index contributed by atoms with van der Waals surface area (Å²) in [6.07, 6.45) is -0.856. The smallest absolute Gasteiger partial charge is 0.368 e. The standard InChI is InChI=1S/C17H13ClN4.C4H13NO7P2/c1-11-20-21-16-10-19-17(12-5-3-2-4-6-12)14-9-13(18)7-8-15(14)22(11)16;5-3-1-2-4(6,13(7,8)9)14(10,11)12/h2-9H,10H2,1H3;6H,1-3,5H2,(H2,7,8,9)(H2,10,11,12). The molecular weight excluding hydrogens is 532 g/mol. The lowest BCUT2D eigenvalue weighted by atomic mass is 10.0. The third-order valence-electron chi connectivity index (χ3n) is 5.42. The van der Waals surface area contributed by atoms with E-state index in [9.17, 15) is 14.2 Å². The summed E-state index contributed by atoms with van der Waals surface area (Å²) >= 11 is 6.23. The van der Waals surface area contributed by atoms with Gasteiger partial charge in [-0.2, -0.15) is 0 Å². The van der Waals surface area contributed by atoms with Crippen LogP contribution in [0.2, 0.25) is 5.02 Å². The second kappa shape index (κ2) is 11.0. The van der Waals surface area contributed by atoms with Gasteiger partial charge < -0.3 is 30.4 Å². The van der Waals surface area contributed by atoms with Crippen LogP contribution >= 0.6 is 26.8 Å². The minimum Gasteiger partial charge on any atom is -0.368 e. The molecule has 36 heavy (non-hydrogen) atoms. The molecule has 3 aromatic rings. The molecule has 0 saturated heterocycles. The zero-order valence-corrected chi connectivity index (χ0v) is 21.7. The number of nitrogens with two attached hydrogens (primary N) is 1. The molecule has 1 aliphatic heterocycles. The Labute approximate surface area is 211 Å². The van der Waals surface area contributed by atoms with Crippen LogP contribution in [0.5, 0.6) is 0 Å². The first-order valence-electron chi connectivity index (χ1n) is 10.6. The Balaban J connectivity index is 0.000000226. The second-order valence-corrected chi connectivity index (χ2v) is 12.4. The summed E-state index contributed by atoms with van der Waals surface area (Å²) in [6.45, 7) is 2.40. The zero-order chi connectivity index (χ0) is 26.7. The first kappa shape index (κ1) is 28.3. The molecule has 0 bridgehead atoms. The van der Waals surface area contributed by atoms with E-state index >= 15 is 0 Å². The molecular formula is C21H26ClN5O7P2. The molecule has 1 aromatic heterocycles. The number of rotatable bonds is 6. The first-order valence-corrected chi connectivity index (χ1v) is 14.2. The number of aliphatic hydroxyl groups is 1. The number of aromatic nitrogens is 3. The highest BCUT2D eigenvalue weighted by Crippen LogP contribution is 2.69. The third-order valence-corrected chi connectivity index (χ3v) is 9.53. The highest BCUT2D eigenvalue weighted by atomic mass is 35.5. The Morgan fingerprint density at radius 3 is 2.28 bits per heavy atom. The van der Waals surface area contributed by atoms with E-state index in [-0.39, 0.29) is 13.0 Å². The summed E-state index contributed by atoms with van der Waals surface area (Å²) in [6, 6.07) is 16.0. The van der Waals surface area contributed by atoms with E-state index in [1.54, 1.807) is 0 Å². The summed E-state index contributed by atoms with van der Waals surface area (Å²) in [5, 5.41) is 15.0. The predicted octanol–water partition coefficient (Wildman–Crippen LogP) is 2.31. The molecule has 0 atom stereocenters. The number of nitrogens with zero attached hydrogens (tertiary/aromatic N) is 4. The van der Waals surface area contributed by atoms with Crippen LogP contribution in [0.4, 0.5) is 0 Å². The van der Waals surface area contributed by atoms with Crippen molar-refractivity contribution in [3.8, 4) is 5.69 Å². The van der Waals surface area contributed by atoms with E-state index in [1.165, 1.54) is 0 Å². The molecule has 12 nitrogen and oxygen atoms in total. The molecule has 0 spiro atoms. The molecule has 0 radical (unpaired) electrons. The number of aliphatic imine (C=N–C) groups is 1. The molecule has 194 valence electrons. The number of hydrogen-bond donors (Lipinski definition) is 6. The van der Waals surface area contributed by atoms with E-state index in [0.29, 0.717) is 11.6 Å². The van der Waals surface area contributed by atoms with Crippen molar-refractivity contribution in [3.05, 3.63) is 76.3 Å². The second-order valence-electron chi connectivity index (χ2n) is 7.95. The Kier molecular flexibility index (Phi) is 8.67. The van der Waals surface area contributed by atoms with Crippen LogP contribution in [-0.4, -0.2) is 56.8 Å². The molecule has 0 unspecified atom stereocenters. The average Bonchev–Trinajstić information content (AvgIpc) is 3.09. The normalized spacial score (nSPS) is 13.6. The molecule has 1 aliphatic rings. The lowest BCUT2D eigenvalue weighted by Crippen LogP contribution is -2.29. The van der Waals surface area contributed by atoms with Crippen LogP contribution < -0.4 is 5.73 Å². The predicted molar refractivity (Wildman–Crippen MR) is 134 cm³/mol. The summed E-state index contributed by atoms with van der Waals surface area (Å²) in [5.41, 5.74) is 9.03. The van der Waals surface area contributed by atoms with Crippen LogP contribution in [-0.2, 0) is 15.7 Å². The Bertz CT molecular complexity index is 1330. The van der Waals surface area contributed by atoms with Crippen molar-refractivity contribution >= 4 is 32.5 Å². The van der Waals surface area contributed by atoms with Crippen molar-refractivity contribution in [2.45, 2.75) is 31.4 Å². The Hall–Kier alpha value is -2.24. The van der Waals surface area contributed by atoms with Crippen LogP contribution in [0.15, 0.2) is 53.5 Å². The van der Waals surface area contributed by atoms with Gasteiger partial charge in [0.25, 0.3) is 5.08 Å². The van der Waals surface area contributed by atoms with E-state index in [2.05, 4.69) is 22.3 Å². The fourth-order valence-electron chi connectivity index (χ4n) is 3.59. The maximum absolute atomic E-state index is 10.7. The Morgan fingerprint density at radius 2 is 1.69 bits per heavy atom. The van der Waals surface area contributed by atoms with Crippen molar-refractivity contribution in [1.82, 2.24) is 14.8 Å². The van der Waals surface area contributed by atoms with Crippen molar-refractivity contribution in [3.63, 3.8) is 0 Å². The molecule has 0 amide bonds. The average molecular weight is 558 g/mol. The van der Waals surface area contributed by atoms with Gasteiger partial charge in [-0.15, -0.1) is 10.2 Å². The van der Waals surface area contributed by atoms with Crippen molar-refractivity contribution < 1.29 is 33.8 Å². The van der Waals surface area contributed by atoms with E-state index in [1.807, 2.05) is 47.9 Å². The quantitative estimate of drug-likeness (QED) is 0.244. The van der Waals surface area contributed by atoms with Gasteiger partial charge in [0.05, 0.1) is 11.4 Å². The molecule has 15 heteroatoms. The molecule has 0 saturated carbocycles. The topological polar surface area (TPSA) is 204 Å². The van der Waals surface area contributed by atoms with Crippen molar-refractivity contribution in [2.24, 2.45) is 10.7 Å². The van der Waals surface area contributed by atoms with E-state index in [4.69, 9.17) is 41.9 Å². The summed E-state index contributed by atoms with van der Waals surface area (Å²) in [7, 11) is -10.6. The van der Waals surface area contributed by atoms with Crippen molar-refractivity contribution in [1.29, 1.82) is 0 Å². The molecule has 2 aromatic carbocycles. The molecule has 0 aliphatic carbocycles. The van der Waals surface area contributed by atoms with Gasteiger partial charge in [0.15, 0.2) is 5.82 Å².